The van der Waals surface area contributed by atoms with Crippen LogP contribution in [-0.2, 0) is 32.7 Å². The topological polar surface area (TPSA) is 149 Å². The van der Waals surface area contributed by atoms with E-state index < -0.39 is 51.8 Å². The van der Waals surface area contributed by atoms with Gasteiger partial charge in [-0.15, -0.1) is 0 Å². The van der Waals surface area contributed by atoms with Crippen LogP contribution < -0.4 is 0 Å². The molecular weight excluding hydrogens is 792 g/mol. The second-order valence-corrected chi connectivity index (χ2v) is 15.8. The predicted octanol–water partition coefficient (Wildman–Crippen LogP) is 12.3. The van der Waals surface area contributed by atoms with E-state index in [9.17, 15) is 24.2 Å². The van der Waals surface area contributed by atoms with Crippen molar-refractivity contribution in [3.8, 4) is 0 Å². The highest BCUT2D eigenvalue weighted by atomic mass is 31.2. The lowest BCUT2D eigenvalue weighted by atomic mass is 10.1. The number of aliphatic hydroxyl groups excluding tert-OH is 2. The highest BCUT2D eigenvalue weighted by Crippen LogP contribution is 2.43. The third kappa shape index (κ3) is 44.2. The molecule has 0 fully saturated rings. The first-order chi connectivity index (χ1) is 29.7. The molecule has 0 saturated heterocycles. The van der Waals surface area contributed by atoms with Crippen LogP contribution in [0.4, 0.5) is 0 Å². The van der Waals surface area contributed by atoms with Gasteiger partial charge in [-0.05, 0) is 96.3 Å². The minimum atomic E-state index is -4.66. The molecule has 3 atom stereocenters. The fraction of sp³-hybridized carbons (Fsp3) is 0.560. The maximum Gasteiger partial charge on any atom is 0.472 e. The molecule has 0 bridgehead atoms. The lowest BCUT2D eigenvalue weighted by Crippen LogP contribution is -2.29. The van der Waals surface area contributed by atoms with Gasteiger partial charge in [-0.1, -0.05) is 155 Å². The number of aliphatic hydroxyl groups is 2. The Kier molecular flexibility index (Phi) is 41.8. The zero-order chi connectivity index (χ0) is 44.8. The molecule has 0 aliphatic carbocycles. The standard InChI is InChI=1S/C50H79O10P/c1-3-5-7-9-11-13-15-17-19-21-23-25-27-29-31-33-35-37-39-41-49(53)57-45-48(46-59-61(55,56)58-44-47(52)43-51)60-50(54)42-40-38-36-34-32-30-28-26-24-22-20-18-16-14-12-10-8-6-4-2/h6,8,11-14,17-20,23-26,29-32,36,38,47-48,51-52H,3-5,7,9-10,15-16,21-22,27-28,33-35,37,39-46H2,1-2H3,(H,55,56)/b8-6+,13-11+,14-12+,19-17+,20-18+,25-23+,26-24+,31-29+,32-30+,38-36+/t47-,48+/m0/s1. The van der Waals surface area contributed by atoms with Crippen molar-refractivity contribution in [2.75, 3.05) is 26.4 Å². The highest BCUT2D eigenvalue weighted by molar-refractivity contribution is 7.47. The summed E-state index contributed by atoms with van der Waals surface area (Å²) in [5.41, 5.74) is 0. The summed E-state index contributed by atoms with van der Waals surface area (Å²) >= 11 is 0. The SMILES string of the molecule is CC/C=C/C/C=C/C/C=C/C/C=C/C/C=C/C/C=C/CCC(=O)O[C@H](COC(=O)CCCCC/C=C/C/C=C/C/C=C/C/C=C/CCCCC)COP(=O)(O)OC[C@@H](O)CO. The molecule has 0 radical (unpaired) electrons. The quantitative estimate of drug-likeness (QED) is 0.0235. The van der Waals surface area contributed by atoms with Crippen molar-refractivity contribution in [1.29, 1.82) is 0 Å². The van der Waals surface area contributed by atoms with E-state index in [1.807, 2.05) is 12.2 Å². The van der Waals surface area contributed by atoms with E-state index >= 15 is 0 Å². The molecule has 0 aromatic carbocycles. The molecule has 61 heavy (non-hydrogen) atoms. The lowest BCUT2D eigenvalue weighted by Gasteiger charge is -2.20. The van der Waals surface area contributed by atoms with E-state index in [1.54, 1.807) is 0 Å². The minimum absolute atomic E-state index is 0.0437. The van der Waals surface area contributed by atoms with Crippen molar-refractivity contribution in [3.63, 3.8) is 0 Å². The molecule has 0 heterocycles. The number of carbonyl (C=O) groups excluding carboxylic acids is 2. The summed E-state index contributed by atoms with van der Waals surface area (Å²) in [4.78, 5) is 35.0. The Bertz CT molecular complexity index is 1420. The number of esters is 2. The molecule has 0 aromatic heterocycles. The maximum atomic E-state index is 12.6. The Morgan fingerprint density at radius 3 is 1.39 bits per heavy atom. The van der Waals surface area contributed by atoms with Crippen molar-refractivity contribution in [2.24, 2.45) is 0 Å². The second-order valence-electron chi connectivity index (χ2n) is 14.3. The summed E-state index contributed by atoms with van der Waals surface area (Å²) in [7, 11) is -4.66. The first-order valence-corrected chi connectivity index (χ1v) is 24.0. The van der Waals surface area contributed by atoms with Gasteiger partial charge in [0, 0.05) is 12.8 Å². The third-order valence-corrected chi connectivity index (χ3v) is 9.56. The smallest absolute Gasteiger partial charge is 0.462 e. The monoisotopic (exact) mass is 871 g/mol. The average molecular weight is 871 g/mol. The van der Waals surface area contributed by atoms with Crippen LogP contribution in [0.5, 0.6) is 0 Å². The van der Waals surface area contributed by atoms with E-state index in [1.165, 1.54) is 25.7 Å². The number of hydrogen-bond donors (Lipinski definition) is 3. The van der Waals surface area contributed by atoms with Crippen LogP contribution >= 0.6 is 7.82 Å². The summed E-state index contributed by atoms with van der Waals surface area (Å²) in [6, 6.07) is 0. The van der Waals surface area contributed by atoms with Gasteiger partial charge in [-0.2, -0.15) is 0 Å². The number of allylic oxidation sites excluding steroid dienone is 20. The van der Waals surface area contributed by atoms with Crippen LogP contribution in [0.25, 0.3) is 0 Å². The van der Waals surface area contributed by atoms with Crippen LogP contribution in [0, 0.1) is 0 Å². The van der Waals surface area contributed by atoms with Crippen molar-refractivity contribution >= 4 is 19.8 Å². The zero-order valence-electron chi connectivity index (χ0n) is 37.3. The van der Waals surface area contributed by atoms with Gasteiger partial charge >= 0.3 is 19.8 Å². The van der Waals surface area contributed by atoms with Crippen molar-refractivity contribution in [2.45, 2.75) is 154 Å². The first kappa shape index (κ1) is 57.4. The molecule has 344 valence electrons. The van der Waals surface area contributed by atoms with E-state index in [0.717, 1.165) is 77.0 Å². The van der Waals surface area contributed by atoms with E-state index in [4.69, 9.17) is 19.1 Å². The summed E-state index contributed by atoms with van der Waals surface area (Å²) in [6.45, 7) is 2.09. The third-order valence-electron chi connectivity index (χ3n) is 8.61. The number of phosphoric ester groups is 1. The fourth-order valence-corrected chi connectivity index (χ4v) is 5.97. The summed E-state index contributed by atoms with van der Waals surface area (Å²) in [5, 5.41) is 18.3. The average Bonchev–Trinajstić information content (AvgIpc) is 3.25. The molecular formula is C50H79O10P. The second kappa shape index (κ2) is 44.4. The highest BCUT2D eigenvalue weighted by Gasteiger charge is 2.27. The predicted molar refractivity (Wildman–Crippen MR) is 251 cm³/mol. The van der Waals surface area contributed by atoms with Gasteiger partial charge in [0.2, 0.25) is 0 Å². The molecule has 0 spiro atoms. The molecule has 11 heteroatoms. The Balaban J connectivity index is 4.49. The van der Waals surface area contributed by atoms with Crippen LogP contribution in [-0.4, -0.2) is 65.7 Å². The molecule has 0 aliphatic heterocycles. The van der Waals surface area contributed by atoms with Gasteiger partial charge in [0.15, 0.2) is 6.10 Å². The molecule has 0 aliphatic rings. The van der Waals surface area contributed by atoms with E-state index in [2.05, 4.69) is 128 Å². The summed E-state index contributed by atoms with van der Waals surface area (Å²) < 4.78 is 32.6. The van der Waals surface area contributed by atoms with Crippen molar-refractivity contribution < 1.29 is 47.8 Å². The van der Waals surface area contributed by atoms with Gasteiger partial charge < -0.3 is 24.6 Å². The molecule has 1 unspecified atom stereocenters. The van der Waals surface area contributed by atoms with Crippen LogP contribution in [0.1, 0.15) is 142 Å². The molecule has 0 rings (SSSR count). The van der Waals surface area contributed by atoms with Gasteiger partial charge in [0.05, 0.1) is 19.8 Å². The van der Waals surface area contributed by atoms with Crippen LogP contribution in [0.15, 0.2) is 122 Å². The molecule has 10 nitrogen and oxygen atoms in total. The lowest BCUT2D eigenvalue weighted by molar-refractivity contribution is -0.161. The maximum absolute atomic E-state index is 12.6. The van der Waals surface area contributed by atoms with Gasteiger partial charge in [-0.3, -0.25) is 18.6 Å². The number of hydrogen-bond acceptors (Lipinski definition) is 9. The Labute approximate surface area is 368 Å². The molecule has 0 aromatic rings. The van der Waals surface area contributed by atoms with E-state index in [0.29, 0.717) is 12.8 Å². The largest absolute Gasteiger partial charge is 0.472 e. The van der Waals surface area contributed by atoms with Crippen molar-refractivity contribution in [3.05, 3.63) is 122 Å². The number of rotatable bonds is 40. The zero-order valence-corrected chi connectivity index (χ0v) is 38.2. The van der Waals surface area contributed by atoms with E-state index in [-0.39, 0.29) is 19.4 Å². The Morgan fingerprint density at radius 1 is 0.508 bits per heavy atom. The molecule has 0 saturated carbocycles. The van der Waals surface area contributed by atoms with Crippen LogP contribution in [0.3, 0.4) is 0 Å². The number of unbranched alkanes of at least 4 members (excludes halogenated alkanes) is 6. The van der Waals surface area contributed by atoms with Crippen LogP contribution in [0.2, 0.25) is 0 Å². The van der Waals surface area contributed by atoms with Gasteiger partial charge in [-0.25, -0.2) is 4.57 Å². The molecule has 3 N–H and O–H groups in total. The fourth-order valence-electron chi connectivity index (χ4n) is 5.18. The minimum Gasteiger partial charge on any atom is -0.462 e. The number of carbonyl (C=O) groups is 2. The summed E-state index contributed by atoms with van der Waals surface area (Å²) in [6.07, 6.45) is 57.5. The van der Waals surface area contributed by atoms with Gasteiger partial charge in [0.1, 0.15) is 12.7 Å². The normalized spacial score (nSPS) is 14.9. The van der Waals surface area contributed by atoms with Gasteiger partial charge in [0.25, 0.3) is 0 Å². The Hall–Kier alpha value is -3.63. The molecule has 0 amide bonds. The number of phosphoric acid groups is 1. The van der Waals surface area contributed by atoms with Crippen molar-refractivity contribution in [1.82, 2.24) is 0 Å². The first-order valence-electron chi connectivity index (χ1n) is 22.5. The summed E-state index contributed by atoms with van der Waals surface area (Å²) in [5.74, 6) is -1.07. The Morgan fingerprint density at radius 2 is 0.934 bits per heavy atom. The number of ether oxygens (including phenoxy) is 2.